The normalized spacial score (nSPS) is 13.9. The molecule has 1 rings (SSSR count). The van der Waals surface area contributed by atoms with Gasteiger partial charge in [0.2, 0.25) is 0 Å². The van der Waals surface area contributed by atoms with E-state index in [0.717, 1.165) is 5.69 Å². The number of benzene rings is 1. The fraction of sp³-hybridized carbons (Fsp3) is 0.417. The van der Waals surface area contributed by atoms with Crippen molar-refractivity contribution in [2.45, 2.75) is 6.18 Å². The van der Waals surface area contributed by atoms with Crippen LogP contribution in [0.5, 0.6) is 5.75 Å². The number of nitrogens with two attached hydrogens (primary N) is 1. The fourth-order valence-electron chi connectivity index (χ4n) is 1.45. The first-order valence-electron chi connectivity index (χ1n) is 5.70. The average molecular weight is 291 g/mol. The van der Waals surface area contributed by atoms with Gasteiger partial charge in [-0.3, -0.25) is 0 Å². The van der Waals surface area contributed by atoms with Crippen molar-refractivity contribution >= 4 is 11.5 Å². The summed E-state index contributed by atoms with van der Waals surface area (Å²) in [4.78, 5) is 1.79. The first-order valence-corrected chi connectivity index (χ1v) is 5.70. The number of ether oxygens (including phenoxy) is 1. The molecule has 0 radical (unpaired) electrons. The van der Waals surface area contributed by atoms with E-state index in [1.165, 1.54) is 6.07 Å². The minimum Gasteiger partial charge on any atom is -0.492 e. The molecular formula is C12H16F3N3O2. The largest absolute Gasteiger partial charge is 0.492 e. The van der Waals surface area contributed by atoms with E-state index in [1.54, 1.807) is 37.2 Å². The molecule has 8 heteroatoms. The summed E-state index contributed by atoms with van der Waals surface area (Å²) in [5, 5.41) is 10.8. The molecule has 0 aliphatic carbocycles. The van der Waals surface area contributed by atoms with Gasteiger partial charge in [0.1, 0.15) is 18.3 Å². The standard InChI is InChI=1S/C12H16F3N3O2/c1-18(2)8-4-3-5-9(6-8)20-7-10(11(16)17-19)12(13,14)15/h3-6,10,19H,7H2,1-2H3,(H2,16,17). The van der Waals surface area contributed by atoms with Crippen LogP contribution in [0.1, 0.15) is 0 Å². The molecule has 0 fully saturated rings. The van der Waals surface area contributed by atoms with Crippen LogP contribution < -0.4 is 15.4 Å². The SMILES string of the molecule is CN(C)c1cccc(OCC(/C(N)=N/O)C(F)(F)F)c1. The maximum absolute atomic E-state index is 12.7. The number of oxime groups is 1. The van der Waals surface area contributed by atoms with Crippen molar-refractivity contribution in [2.75, 3.05) is 25.6 Å². The molecule has 5 nitrogen and oxygen atoms in total. The molecule has 3 N–H and O–H groups in total. The van der Waals surface area contributed by atoms with Gasteiger partial charge in [0.15, 0.2) is 5.84 Å². The van der Waals surface area contributed by atoms with Crippen molar-refractivity contribution in [1.29, 1.82) is 0 Å². The molecule has 0 heterocycles. The van der Waals surface area contributed by atoms with Crippen LogP contribution in [0.25, 0.3) is 0 Å². The molecule has 0 aliphatic heterocycles. The quantitative estimate of drug-likeness (QED) is 0.377. The number of anilines is 1. The first-order chi connectivity index (χ1) is 9.25. The minimum absolute atomic E-state index is 0.274. The number of hydrogen-bond donors (Lipinski definition) is 2. The van der Waals surface area contributed by atoms with Crippen LogP contribution >= 0.6 is 0 Å². The maximum Gasteiger partial charge on any atom is 0.402 e. The molecule has 0 amide bonds. The molecule has 112 valence electrons. The smallest absolute Gasteiger partial charge is 0.402 e. The summed E-state index contributed by atoms with van der Waals surface area (Å²) in [6.45, 7) is -0.754. The first kappa shape index (κ1) is 15.9. The summed E-state index contributed by atoms with van der Waals surface area (Å²) in [6.07, 6.45) is -4.64. The molecule has 0 spiro atoms. The van der Waals surface area contributed by atoms with Gasteiger partial charge < -0.3 is 20.6 Å². The van der Waals surface area contributed by atoms with E-state index in [0.29, 0.717) is 0 Å². The minimum atomic E-state index is -4.64. The van der Waals surface area contributed by atoms with E-state index in [1.807, 2.05) is 0 Å². The molecule has 1 aromatic carbocycles. The predicted molar refractivity (Wildman–Crippen MR) is 69.2 cm³/mol. The van der Waals surface area contributed by atoms with Gasteiger partial charge in [0.25, 0.3) is 0 Å². The molecule has 1 aromatic rings. The molecule has 1 atom stereocenters. The zero-order valence-corrected chi connectivity index (χ0v) is 11.1. The zero-order valence-electron chi connectivity index (χ0n) is 11.1. The molecule has 1 unspecified atom stereocenters. The van der Waals surface area contributed by atoms with Crippen LogP contribution in [0, 0.1) is 5.92 Å². The Morgan fingerprint density at radius 1 is 1.45 bits per heavy atom. The summed E-state index contributed by atoms with van der Waals surface area (Å²) in [7, 11) is 3.60. The van der Waals surface area contributed by atoms with Crippen LogP contribution in [0.4, 0.5) is 18.9 Å². The van der Waals surface area contributed by atoms with Crippen LogP contribution in [0.3, 0.4) is 0 Å². The monoisotopic (exact) mass is 291 g/mol. The van der Waals surface area contributed by atoms with E-state index in [4.69, 9.17) is 15.7 Å². The predicted octanol–water partition coefficient (Wildman–Crippen LogP) is 2.06. The Bertz CT molecular complexity index is 475. The highest BCUT2D eigenvalue weighted by molar-refractivity contribution is 5.83. The van der Waals surface area contributed by atoms with E-state index < -0.39 is 24.5 Å². The summed E-state index contributed by atoms with van der Waals surface area (Å²) in [5.41, 5.74) is 5.82. The number of amidine groups is 1. The van der Waals surface area contributed by atoms with Crippen molar-refractivity contribution in [3.05, 3.63) is 24.3 Å². The molecule has 0 bridgehead atoms. The van der Waals surface area contributed by atoms with Crippen LogP contribution in [0.2, 0.25) is 0 Å². The van der Waals surface area contributed by atoms with Crippen LogP contribution in [0.15, 0.2) is 29.4 Å². The van der Waals surface area contributed by atoms with Crippen molar-refractivity contribution in [3.8, 4) is 5.75 Å². The second-order valence-electron chi connectivity index (χ2n) is 4.32. The summed E-state index contributed by atoms with van der Waals surface area (Å²) in [6, 6.07) is 6.58. The Morgan fingerprint density at radius 2 is 2.10 bits per heavy atom. The lowest BCUT2D eigenvalue weighted by molar-refractivity contribution is -0.162. The van der Waals surface area contributed by atoms with Gasteiger partial charge in [-0.05, 0) is 12.1 Å². The summed E-state index contributed by atoms with van der Waals surface area (Å²) < 4.78 is 43.2. The third kappa shape index (κ3) is 4.22. The van der Waals surface area contributed by atoms with E-state index in [2.05, 4.69) is 5.16 Å². The second-order valence-corrected chi connectivity index (χ2v) is 4.32. The Labute approximate surface area is 114 Å². The van der Waals surface area contributed by atoms with E-state index in [9.17, 15) is 13.2 Å². The summed E-state index contributed by atoms with van der Waals surface area (Å²) in [5.74, 6) is -2.81. The van der Waals surface area contributed by atoms with Gasteiger partial charge in [0, 0.05) is 25.8 Å². The molecule has 20 heavy (non-hydrogen) atoms. The van der Waals surface area contributed by atoms with Crippen molar-refractivity contribution in [1.82, 2.24) is 0 Å². The van der Waals surface area contributed by atoms with Gasteiger partial charge >= 0.3 is 6.18 Å². The maximum atomic E-state index is 12.7. The lowest BCUT2D eigenvalue weighted by Gasteiger charge is -2.20. The molecular weight excluding hydrogens is 275 g/mol. The molecule has 0 saturated carbocycles. The van der Waals surface area contributed by atoms with Gasteiger partial charge in [-0.2, -0.15) is 13.2 Å². The van der Waals surface area contributed by atoms with Gasteiger partial charge in [-0.1, -0.05) is 11.2 Å². The highest BCUT2D eigenvalue weighted by atomic mass is 19.4. The highest BCUT2D eigenvalue weighted by Crippen LogP contribution is 2.28. The Morgan fingerprint density at radius 3 is 2.60 bits per heavy atom. The number of halogens is 3. The van der Waals surface area contributed by atoms with Crippen molar-refractivity contribution in [2.24, 2.45) is 16.8 Å². The van der Waals surface area contributed by atoms with Gasteiger partial charge in [0.05, 0.1) is 0 Å². The van der Waals surface area contributed by atoms with E-state index >= 15 is 0 Å². The van der Waals surface area contributed by atoms with Gasteiger partial charge in [-0.15, -0.1) is 0 Å². The number of rotatable bonds is 5. The Kier molecular flexibility index (Phi) is 5.06. The number of alkyl halides is 3. The topological polar surface area (TPSA) is 71.1 Å². The molecule has 0 saturated heterocycles. The van der Waals surface area contributed by atoms with Gasteiger partial charge in [-0.25, -0.2) is 0 Å². The third-order valence-electron chi connectivity index (χ3n) is 2.62. The van der Waals surface area contributed by atoms with Crippen LogP contribution in [-0.2, 0) is 0 Å². The molecule has 0 aliphatic rings. The second kappa shape index (κ2) is 6.36. The van der Waals surface area contributed by atoms with Crippen molar-refractivity contribution in [3.63, 3.8) is 0 Å². The lowest BCUT2D eigenvalue weighted by Crippen LogP contribution is -2.40. The Hall–Kier alpha value is -2.12. The number of hydrogen-bond acceptors (Lipinski definition) is 4. The highest BCUT2D eigenvalue weighted by Gasteiger charge is 2.43. The zero-order chi connectivity index (χ0) is 15.3. The average Bonchev–Trinajstić information content (AvgIpc) is 2.37. The third-order valence-corrected chi connectivity index (χ3v) is 2.62. The fourth-order valence-corrected chi connectivity index (χ4v) is 1.45. The Balaban J connectivity index is 2.80. The number of nitrogens with zero attached hydrogens (tertiary/aromatic N) is 2. The van der Waals surface area contributed by atoms with E-state index in [-0.39, 0.29) is 5.75 Å². The van der Waals surface area contributed by atoms with Crippen molar-refractivity contribution < 1.29 is 23.1 Å². The molecule has 0 aromatic heterocycles. The lowest BCUT2D eigenvalue weighted by atomic mass is 10.1. The van der Waals surface area contributed by atoms with Crippen LogP contribution in [-0.4, -0.2) is 37.9 Å². The summed E-state index contributed by atoms with van der Waals surface area (Å²) >= 11 is 0.